The zero-order chi connectivity index (χ0) is 39.5. The van der Waals surface area contributed by atoms with Gasteiger partial charge in [0.15, 0.2) is 0 Å². The normalized spacial score (nSPS) is 21.5. The Morgan fingerprint density at radius 2 is 1.73 bits per heavy atom. The molecule has 2 aliphatic heterocycles. The molecule has 0 radical (unpaired) electrons. The minimum Gasteiger partial charge on any atom is -0.318 e. The van der Waals surface area contributed by atoms with E-state index in [-0.39, 0.29) is 42.0 Å². The Labute approximate surface area is 327 Å². The van der Waals surface area contributed by atoms with Gasteiger partial charge in [0.25, 0.3) is 5.91 Å². The van der Waals surface area contributed by atoms with Crippen molar-refractivity contribution >= 4 is 67.6 Å². The number of nitrogens with one attached hydrogen (secondary N) is 2. The van der Waals surface area contributed by atoms with Crippen molar-refractivity contribution in [1.82, 2.24) is 29.3 Å². The number of imide groups is 1. The zero-order valence-corrected chi connectivity index (χ0v) is 31.9. The Morgan fingerprint density at radius 3 is 2.45 bits per heavy atom. The first-order chi connectivity index (χ1) is 26.7. The van der Waals surface area contributed by atoms with Gasteiger partial charge in [0.2, 0.25) is 11.8 Å². The fourth-order valence-electron chi connectivity index (χ4n) is 8.60. The van der Waals surface area contributed by atoms with Gasteiger partial charge in [-0.05, 0) is 106 Å². The molecule has 3 amide bonds. The highest BCUT2D eigenvalue weighted by molar-refractivity contribution is 7.18. The van der Waals surface area contributed by atoms with Gasteiger partial charge in [-0.3, -0.25) is 28.8 Å². The van der Waals surface area contributed by atoms with Gasteiger partial charge in [-0.2, -0.15) is 13.2 Å². The van der Waals surface area contributed by atoms with Gasteiger partial charge in [0, 0.05) is 37.0 Å². The smallest absolute Gasteiger partial charge is 0.318 e. The quantitative estimate of drug-likeness (QED) is 0.128. The molecule has 2 N–H and O–H groups in total. The van der Waals surface area contributed by atoms with Crippen LogP contribution >= 0.6 is 22.9 Å². The number of likely N-dealkylation sites (tertiary alicyclic amines) is 1. The van der Waals surface area contributed by atoms with Gasteiger partial charge >= 0.3 is 11.9 Å². The molecule has 0 spiro atoms. The Balaban J connectivity index is 0.880. The number of hydrogen-bond donors (Lipinski definition) is 2. The van der Waals surface area contributed by atoms with Crippen LogP contribution in [0.5, 0.6) is 0 Å². The Bertz CT molecular complexity index is 2430. The van der Waals surface area contributed by atoms with E-state index >= 15 is 4.39 Å². The second-order valence-corrected chi connectivity index (χ2v) is 16.5. The average molecular weight is 812 g/mol. The van der Waals surface area contributed by atoms with Crippen molar-refractivity contribution in [2.24, 2.45) is 13.0 Å². The molecule has 0 bridgehead atoms. The van der Waals surface area contributed by atoms with Crippen molar-refractivity contribution in [3.63, 3.8) is 0 Å². The number of hydrogen-bond acceptors (Lipinski definition) is 8. The molecule has 17 heteroatoms. The lowest BCUT2D eigenvalue weighted by Crippen LogP contribution is -2.44. The number of thiazole rings is 1. The van der Waals surface area contributed by atoms with E-state index in [4.69, 9.17) is 16.6 Å². The number of alkyl halides is 3. The average Bonchev–Trinajstić information content (AvgIpc) is 3.69. The van der Waals surface area contributed by atoms with Gasteiger partial charge in [0.1, 0.15) is 23.2 Å². The van der Waals surface area contributed by atoms with Crippen molar-refractivity contribution in [2.45, 2.75) is 75.4 Å². The van der Waals surface area contributed by atoms with Gasteiger partial charge in [0.05, 0.1) is 31.9 Å². The number of amides is 3. The molecule has 5 heterocycles. The summed E-state index contributed by atoms with van der Waals surface area (Å²) >= 11 is 8.26. The number of carbonyl (C=O) groups is 3. The van der Waals surface area contributed by atoms with Crippen molar-refractivity contribution in [3.8, 4) is 0 Å². The minimum atomic E-state index is -4.72. The molecule has 1 saturated carbocycles. The number of rotatable bonds is 7. The molecular formula is C39H38ClF4N7O4S. The molecule has 56 heavy (non-hydrogen) atoms. The Morgan fingerprint density at radius 1 is 0.982 bits per heavy atom. The molecule has 8 rings (SSSR count). The van der Waals surface area contributed by atoms with Crippen LogP contribution in [0, 0.1) is 11.7 Å². The number of halogens is 5. The van der Waals surface area contributed by atoms with Crippen molar-refractivity contribution in [1.29, 1.82) is 0 Å². The fraction of sp³-hybridized carbons (Fsp3) is 0.436. The summed E-state index contributed by atoms with van der Waals surface area (Å²) in [6.07, 6.45) is 1.35. The minimum absolute atomic E-state index is 0.136. The predicted molar refractivity (Wildman–Crippen MR) is 203 cm³/mol. The summed E-state index contributed by atoms with van der Waals surface area (Å²) in [6.45, 7) is 2.73. The monoisotopic (exact) mass is 811 g/mol. The van der Waals surface area contributed by atoms with E-state index in [1.54, 1.807) is 23.7 Å². The van der Waals surface area contributed by atoms with Crippen LogP contribution in [0.4, 0.5) is 23.2 Å². The van der Waals surface area contributed by atoms with E-state index < -0.39 is 41.2 Å². The molecular weight excluding hydrogens is 774 g/mol. The Kier molecular flexibility index (Phi) is 10.2. The van der Waals surface area contributed by atoms with Gasteiger partial charge in [-0.25, -0.2) is 19.2 Å². The number of anilines is 1. The first-order valence-corrected chi connectivity index (χ1v) is 19.9. The van der Waals surface area contributed by atoms with Crippen LogP contribution in [0.1, 0.15) is 96.0 Å². The topological polar surface area (TPSA) is 131 Å². The highest BCUT2D eigenvalue weighted by atomic mass is 35.5. The summed E-state index contributed by atoms with van der Waals surface area (Å²) in [4.78, 5) is 61.3. The molecule has 1 aliphatic carbocycles. The lowest BCUT2D eigenvalue weighted by Gasteiger charge is -2.37. The fourth-order valence-corrected chi connectivity index (χ4v) is 10.1. The van der Waals surface area contributed by atoms with Crippen LogP contribution in [0.15, 0.2) is 47.3 Å². The lowest BCUT2D eigenvalue weighted by atomic mass is 9.81. The maximum absolute atomic E-state index is 15.0. The van der Waals surface area contributed by atoms with E-state index in [1.807, 2.05) is 0 Å². The number of carbonyl (C=O) groups excluding carboxylic acids is 3. The van der Waals surface area contributed by atoms with Crippen molar-refractivity contribution in [3.05, 3.63) is 85.7 Å². The third-order valence-corrected chi connectivity index (χ3v) is 13.0. The third kappa shape index (κ3) is 7.34. The number of aryl methyl sites for hydroxylation is 1. The largest absolute Gasteiger partial charge is 0.433 e. The van der Waals surface area contributed by atoms with Crippen LogP contribution in [0.25, 0.3) is 21.3 Å². The number of imidazole rings is 1. The molecule has 2 aromatic carbocycles. The molecule has 2 saturated heterocycles. The summed E-state index contributed by atoms with van der Waals surface area (Å²) < 4.78 is 58.0. The molecule has 1 unspecified atom stereocenters. The Hall–Kier alpha value is -4.67. The number of fused-ring (bicyclic) bond motifs is 2. The molecule has 294 valence electrons. The predicted octanol–water partition coefficient (Wildman–Crippen LogP) is 7.54. The molecule has 3 aliphatic rings. The standard InChI is InChI=1S/C39H38ClF4N7O4S/c1-49-34-28(51(38(49)55)29-11-12-32(52)48-36(29)54)10-9-23(40)33(34)21-13-15-50(16-14-21)19-20-5-7-22(8-6-20)37-47-27-17-24(41)26(18-30(27)56-37)46-35(53)25-3-2-4-31(45-25)39(42,43)44/h2-4,9-10,17-18,20-22,29H,5-8,11-16,19H2,1H3,(H,46,53)(H,48,52,54)/t20-,22-,29?. The summed E-state index contributed by atoms with van der Waals surface area (Å²) in [5.41, 5.74) is 0.612. The summed E-state index contributed by atoms with van der Waals surface area (Å²) in [7, 11) is 1.70. The number of aromatic nitrogens is 4. The van der Waals surface area contributed by atoms with E-state index in [0.717, 1.165) is 92.4 Å². The first-order valence-electron chi connectivity index (χ1n) is 18.7. The van der Waals surface area contributed by atoms with Crippen LogP contribution in [-0.4, -0.2) is 61.4 Å². The maximum atomic E-state index is 15.0. The summed E-state index contributed by atoms with van der Waals surface area (Å²) in [5.74, 6) is -1.63. The summed E-state index contributed by atoms with van der Waals surface area (Å²) in [6, 6.07) is 8.50. The second-order valence-electron chi connectivity index (χ2n) is 15.0. The maximum Gasteiger partial charge on any atom is 0.433 e. The van der Waals surface area contributed by atoms with Crippen LogP contribution in [0.3, 0.4) is 0 Å². The SMILES string of the molecule is Cn1c(=O)n(C2CCC(=O)NC2=O)c2ccc(Cl)c(C3CCN(C[C@H]4CC[C@H](c5nc6cc(F)c(NC(=O)c7cccc(C(F)(F)F)n7)cc6s5)CC4)CC3)c21. The van der Waals surface area contributed by atoms with Crippen LogP contribution in [0.2, 0.25) is 5.02 Å². The van der Waals surface area contributed by atoms with Crippen molar-refractivity contribution < 1.29 is 31.9 Å². The first kappa shape index (κ1) is 38.2. The highest BCUT2D eigenvalue weighted by Gasteiger charge is 2.35. The highest BCUT2D eigenvalue weighted by Crippen LogP contribution is 2.42. The zero-order valence-electron chi connectivity index (χ0n) is 30.3. The molecule has 5 aromatic rings. The number of benzene rings is 2. The molecule has 3 fully saturated rings. The van der Waals surface area contributed by atoms with Gasteiger partial charge in [-0.1, -0.05) is 17.7 Å². The van der Waals surface area contributed by atoms with E-state index in [2.05, 4.69) is 20.5 Å². The lowest BCUT2D eigenvalue weighted by molar-refractivity contribution is -0.141. The third-order valence-electron chi connectivity index (χ3n) is 11.5. The second kappa shape index (κ2) is 15.0. The molecule has 3 aromatic heterocycles. The van der Waals surface area contributed by atoms with Crippen LogP contribution in [-0.2, 0) is 22.8 Å². The van der Waals surface area contributed by atoms with E-state index in [0.29, 0.717) is 26.7 Å². The molecule has 1 atom stereocenters. The van der Waals surface area contributed by atoms with Gasteiger partial charge < -0.3 is 10.2 Å². The number of nitrogens with zero attached hydrogens (tertiary/aromatic N) is 5. The van der Waals surface area contributed by atoms with Crippen LogP contribution < -0.4 is 16.3 Å². The number of pyridine rings is 1. The van der Waals surface area contributed by atoms with E-state index in [1.165, 1.54) is 28.0 Å². The number of piperidine rings is 2. The van der Waals surface area contributed by atoms with Gasteiger partial charge in [-0.15, -0.1) is 11.3 Å². The van der Waals surface area contributed by atoms with E-state index in [9.17, 15) is 32.3 Å². The molecule has 11 nitrogen and oxygen atoms in total. The summed E-state index contributed by atoms with van der Waals surface area (Å²) in [5, 5.41) is 6.21. The van der Waals surface area contributed by atoms with Crippen molar-refractivity contribution in [2.75, 3.05) is 25.0 Å².